The van der Waals surface area contributed by atoms with Crippen molar-refractivity contribution in [3.63, 3.8) is 0 Å². The van der Waals surface area contributed by atoms with Gasteiger partial charge >= 0.3 is 0 Å². The van der Waals surface area contributed by atoms with Gasteiger partial charge in [-0.05, 0) is 36.4 Å². The quantitative estimate of drug-likeness (QED) is 0.618. The molecule has 2 aliphatic heterocycles. The van der Waals surface area contributed by atoms with Gasteiger partial charge in [0.15, 0.2) is 5.82 Å². The van der Waals surface area contributed by atoms with Gasteiger partial charge in [0.25, 0.3) is 5.56 Å². The summed E-state index contributed by atoms with van der Waals surface area (Å²) < 4.78 is 6.77. The van der Waals surface area contributed by atoms with Crippen molar-refractivity contribution in [2.45, 2.75) is 0 Å². The van der Waals surface area contributed by atoms with E-state index in [-0.39, 0.29) is 5.56 Å². The molecule has 0 atom stereocenters. The van der Waals surface area contributed by atoms with Crippen LogP contribution >= 0.6 is 0 Å². The number of hydrogen-bond donors (Lipinski definition) is 1. The SMILES string of the molecule is COc1ccc(-c2nc3c[nH]c4ccccc4n-3c2=O)cc1. The van der Waals surface area contributed by atoms with Crippen LogP contribution in [-0.4, -0.2) is 21.6 Å². The summed E-state index contributed by atoms with van der Waals surface area (Å²) in [5.41, 5.74) is 2.80. The first-order chi connectivity index (χ1) is 10.8. The number of ether oxygens (including phenoxy) is 1. The molecule has 0 spiro atoms. The lowest BCUT2D eigenvalue weighted by molar-refractivity contribution is 0.415. The lowest BCUT2D eigenvalue weighted by atomic mass is 10.1. The highest BCUT2D eigenvalue weighted by molar-refractivity contribution is 5.78. The molecule has 5 nitrogen and oxygen atoms in total. The summed E-state index contributed by atoms with van der Waals surface area (Å²) in [4.78, 5) is 20.4. The van der Waals surface area contributed by atoms with Gasteiger partial charge in [-0.3, -0.25) is 9.36 Å². The Bertz CT molecular complexity index is 983. The highest BCUT2D eigenvalue weighted by Crippen LogP contribution is 2.22. The van der Waals surface area contributed by atoms with Crippen molar-refractivity contribution >= 4 is 11.0 Å². The Morgan fingerprint density at radius 3 is 2.64 bits per heavy atom. The van der Waals surface area contributed by atoms with E-state index in [1.165, 1.54) is 0 Å². The zero-order valence-corrected chi connectivity index (χ0v) is 11.9. The van der Waals surface area contributed by atoms with E-state index < -0.39 is 0 Å². The number of hydrogen-bond acceptors (Lipinski definition) is 3. The van der Waals surface area contributed by atoms with Crippen molar-refractivity contribution in [3.05, 3.63) is 65.1 Å². The number of benzene rings is 2. The summed E-state index contributed by atoms with van der Waals surface area (Å²) in [5.74, 6) is 1.35. The number of nitrogens with zero attached hydrogens (tertiary/aromatic N) is 2. The van der Waals surface area contributed by atoms with Gasteiger partial charge in [0.05, 0.1) is 18.1 Å². The van der Waals surface area contributed by atoms with Crippen LogP contribution < -0.4 is 10.3 Å². The van der Waals surface area contributed by atoms with Crippen molar-refractivity contribution in [3.8, 4) is 22.8 Å². The second kappa shape index (κ2) is 4.73. The number of methoxy groups -OCH3 is 1. The lowest BCUT2D eigenvalue weighted by Crippen LogP contribution is -2.14. The van der Waals surface area contributed by atoms with Crippen LogP contribution in [0.25, 0.3) is 28.1 Å². The third-order valence-electron chi connectivity index (χ3n) is 3.73. The van der Waals surface area contributed by atoms with Crippen molar-refractivity contribution in [2.75, 3.05) is 7.11 Å². The van der Waals surface area contributed by atoms with Crippen LogP contribution in [0.15, 0.2) is 59.5 Å². The molecule has 0 saturated carbocycles. The maximum absolute atomic E-state index is 12.8. The van der Waals surface area contributed by atoms with Crippen molar-refractivity contribution in [1.29, 1.82) is 0 Å². The first-order valence-corrected chi connectivity index (χ1v) is 6.91. The van der Waals surface area contributed by atoms with Gasteiger partial charge < -0.3 is 9.72 Å². The maximum Gasteiger partial charge on any atom is 0.283 e. The van der Waals surface area contributed by atoms with E-state index in [0.717, 1.165) is 22.3 Å². The molecule has 22 heavy (non-hydrogen) atoms. The molecule has 108 valence electrons. The van der Waals surface area contributed by atoms with Crippen LogP contribution in [0.3, 0.4) is 0 Å². The molecular weight excluding hydrogens is 278 g/mol. The highest BCUT2D eigenvalue weighted by atomic mass is 16.5. The molecule has 2 aliphatic rings. The van der Waals surface area contributed by atoms with Crippen LogP contribution in [0.5, 0.6) is 5.75 Å². The molecule has 0 saturated heterocycles. The summed E-state index contributed by atoms with van der Waals surface area (Å²) in [5, 5.41) is 0. The summed E-state index contributed by atoms with van der Waals surface area (Å²) in [7, 11) is 1.61. The molecule has 0 unspecified atom stereocenters. The first-order valence-electron chi connectivity index (χ1n) is 6.91. The fourth-order valence-electron chi connectivity index (χ4n) is 2.62. The van der Waals surface area contributed by atoms with Gasteiger partial charge in [-0.15, -0.1) is 0 Å². The van der Waals surface area contributed by atoms with Crippen LogP contribution in [0.2, 0.25) is 0 Å². The van der Waals surface area contributed by atoms with Crippen molar-refractivity contribution in [2.24, 2.45) is 0 Å². The van der Waals surface area contributed by atoms with Crippen molar-refractivity contribution in [1.82, 2.24) is 14.5 Å². The Kier molecular flexibility index (Phi) is 2.72. The molecule has 0 fully saturated rings. The Balaban J connectivity index is 1.99. The maximum atomic E-state index is 12.8. The number of H-pyrrole nitrogens is 1. The third-order valence-corrected chi connectivity index (χ3v) is 3.73. The molecule has 0 amide bonds. The Hall–Kier alpha value is -3.08. The summed E-state index contributed by atoms with van der Waals surface area (Å²) >= 11 is 0. The zero-order chi connectivity index (χ0) is 15.1. The van der Waals surface area contributed by atoms with Crippen molar-refractivity contribution < 1.29 is 4.74 Å². The van der Waals surface area contributed by atoms with E-state index in [4.69, 9.17) is 4.74 Å². The largest absolute Gasteiger partial charge is 0.497 e. The first kappa shape index (κ1) is 12.6. The normalized spacial score (nSPS) is 11.1. The predicted molar refractivity (Wildman–Crippen MR) is 84.9 cm³/mol. The molecule has 2 aromatic rings. The number of aromatic amines is 1. The predicted octanol–water partition coefficient (Wildman–Crippen LogP) is 2.83. The molecule has 5 heteroatoms. The summed E-state index contributed by atoms with van der Waals surface area (Å²) in [6.45, 7) is 0. The minimum atomic E-state index is -0.120. The second-order valence-corrected chi connectivity index (χ2v) is 4.99. The number of nitrogens with one attached hydrogen (secondary N) is 1. The fraction of sp³-hybridized carbons (Fsp3) is 0.0588. The van der Waals surface area contributed by atoms with E-state index in [0.29, 0.717) is 11.5 Å². The average molecular weight is 291 g/mol. The summed E-state index contributed by atoms with van der Waals surface area (Å²) in [6.07, 6.45) is 1.75. The number of imidazole rings is 1. The number of para-hydroxylation sites is 2. The van der Waals surface area contributed by atoms with Gasteiger partial charge in [0.1, 0.15) is 11.4 Å². The van der Waals surface area contributed by atoms with Gasteiger partial charge in [0.2, 0.25) is 0 Å². The zero-order valence-electron chi connectivity index (χ0n) is 11.9. The van der Waals surface area contributed by atoms with E-state index in [2.05, 4.69) is 9.97 Å². The summed E-state index contributed by atoms with van der Waals surface area (Å²) in [6, 6.07) is 15.0. The Morgan fingerprint density at radius 2 is 1.86 bits per heavy atom. The smallest absolute Gasteiger partial charge is 0.283 e. The minimum Gasteiger partial charge on any atom is -0.497 e. The molecule has 0 aliphatic carbocycles. The van der Waals surface area contributed by atoms with E-state index >= 15 is 0 Å². The van der Waals surface area contributed by atoms with Gasteiger partial charge in [-0.2, -0.15) is 0 Å². The topological polar surface area (TPSA) is 59.9 Å². The van der Waals surface area contributed by atoms with Crippen LogP contribution in [-0.2, 0) is 0 Å². The van der Waals surface area contributed by atoms with Crippen LogP contribution in [0, 0.1) is 0 Å². The van der Waals surface area contributed by atoms with E-state index in [9.17, 15) is 4.79 Å². The lowest BCUT2D eigenvalue weighted by Gasteiger charge is -2.05. The van der Waals surface area contributed by atoms with E-state index in [1.54, 1.807) is 17.9 Å². The molecule has 2 heterocycles. The number of aromatic nitrogens is 3. The molecule has 1 N–H and O–H groups in total. The number of rotatable bonds is 2. The van der Waals surface area contributed by atoms with Gasteiger partial charge in [0, 0.05) is 11.8 Å². The van der Waals surface area contributed by atoms with Crippen LogP contribution in [0.1, 0.15) is 0 Å². The van der Waals surface area contributed by atoms with Crippen LogP contribution in [0.4, 0.5) is 0 Å². The average Bonchev–Trinajstić information content (AvgIpc) is 2.92. The second-order valence-electron chi connectivity index (χ2n) is 4.99. The fourth-order valence-corrected chi connectivity index (χ4v) is 2.62. The molecule has 0 bridgehead atoms. The monoisotopic (exact) mass is 291 g/mol. The number of fused-ring (bicyclic) bond motifs is 3. The molecule has 2 aromatic carbocycles. The molecule has 0 radical (unpaired) electrons. The molecular formula is C17H13N3O2. The van der Waals surface area contributed by atoms with Gasteiger partial charge in [-0.1, -0.05) is 12.1 Å². The Morgan fingerprint density at radius 1 is 1.09 bits per heavy atom. The standard InChI is InChI=1S/C17H13N3O2/c1-22-12-8-6-11(7-9-12)16-17(21)20-14-5-3-2-4-13(14)18-10-15(20)19-16/h2-10,18H,1H3. The van der Waals surface area contributed by atoms with E-state index in [1.807, 2.05) is 48.5 Å². The molecule has 0 aromatic heterocycles. The molecule has 4 rings (SSSR count). The Labute approximate surface area is 126 Å². The van der Waals surface area contributed by atoms with Gasteiger partial charge in [-0.25, -0.2) is 4.98 Å². The minimum absolute atomic E-state index is 0.120. The highest BCUT2D eigenvalue weighted by Gasteiger charge is 2.17. The third kappa shape index (κ3) is 1.79.